The van der Waals surface area contributed by atoms with Gasteiger partial charge in [-0.25, -0.2) is 0 Å². The van der Waals surface area contributed by atoms with Gasteiger partial charge in [0.05, 0.1) is 0 Å². The highest BCUT2D eigenvalue weighted by Crippen LogP contribution is 2.23. The predicted molar refractivity (Wildman–Crippen MR) is 78.8 cm³/mol. The molecule has 0 heterocycles. The van der Waals surface area contributed by atoms with Crippen LogP contribution in [-0.4, -0.2) is 6.04 Å². The molecule has 0 atom stereocenters. The van der Waals surface area contributed by atoms with E-state index in [0.717, 1.165) is 18.5 Å². The average molecular weight is 245 g/mol. The van der Waals surface area contributed by atoms with E-state index >= 15 is 0 Å². The maximum atomic E-state index is 3.71. The summed E-state index contributed by atoms with van der Waals surface area (Å²) in [7, 11) is 0. The van der Waals surface area contributed by atoms with Crippen molar-refractivity contribution in [2.45, 2.75) is 65.0 Å². The molecule has 0 amide bonds. The SMILES string of the molecule is CC1CCC(NCc2ccc(C(C)C)cc2)CC1. The highest BCUT2D eigenvalue weighted by atomic mass is 14.9. The van der Waals surface area contributed by atoms with Crippen LogP contribution < -0.4 is 5.32 Å². The van der Waals surface area contributed by atoms with E-state index in [4.69, 9.17) is 0 Å². The first-order valence-corrected chi connectivity index (χ1v) is 7.47. The molecule has 2 rings (SSSR count). The Morgan fingerprint density at radius 3 is 2.22 bits per heavy atom. The Morgan fingerprint density at radius 2 is 1.67 bits per heavy atom. The van der Waals surface area contributed by atoms with Crippen LogP contribution in [0.1, 0.15) is 63.5 Å². The van der Waals surface area contributed by atoms with E-state index in [9.17, 15) is 0 Å². The van der Waals surface area contributed by atoms with Crippen LogP contribution in [0.25, 0.3) is 0 Å². The van der Waals surface area contributed by atoms with Gasteiger partial charge in [0.1, 0.15) is 0 Å². The highest BCUT2D eigenvalue weighted by molar-refractivity contribution is 5.24. The van der Waals surface area contributed by atoms with Crippen molar-refractivity contribution in [3.05, 3.63) is 35.4 Å². The molecule has 1 aromatic rings. The van der Waals surface area contributed by atoms with Crippen LogP contribution in [0.3, 0.4) is 0 Å². The molecule has 1 aliphatic rings. The summed E-state index contributed by atoms with van der Waals surface area (Å²) in [6.45, 7) is 7.89. The normalized spacial score (nSPS) is 24.4. The monoisotopic (exact) mass is 245 g/mol. The van der Waals surface area contributed by atoms with Crippen molar-refractivity contribution in [1.29, 1.82) is 0 Å². The minimum atomic E-state index is 0.631. The lowest BCUT2D eigenvalue weighted by Crippen LogP contribution is -2.32. The van der Waals surface area contributed by atoms with Gasteiger partial charge < -0.3 is 5.32 Å². The van der Waals surface area contributed by atoms with Crippen molar-refractivity contribution in [2.24, 2.45) is 5.92 Å². The first-order valence-electron chi connectivity index (χ1n) is 7.47. The summed E-state index contributed by atoms with van der Waals surface area (Å²) >= 11 is 0. The fourth-order valence-corrected chi connectivity index (χ4v) is 2.75. The van der Waals surface area contributed by atoms with E-state index in [1.54, 1.807) is 0 Å². The quantitative estimate of drug-likeness (QED) is 0.824. The van der Waals surface area contributed by atoms with Gasteiger partial charge in [-0.05, 0) is 48.6 Å². The van der Waals surface area contributed by atoms with Crippen LogP contribution in [0, 0.1) is 5.92 Å². The summed E-state index contributed by atoms with van der Waals surface area (Å²) in [4.78, 5) is 0. The van der Waals surface area contributed by atoms with Crippen molar-refractivity contribution in [3.63, 3.8) is 0 Å². The minimum Gasteiger partial charge on any atom is -0.310 e. The highest BCUT2D eigenvalue weighted by Gasteiger charge is 2.17. The van der Waals surface area contributed by atoms with Gasteiger partial charge >= 0.3 is 0 Å². The van der Waals surface area contributed by atoms with E-state index < -0.39 is 0 Å². The van der Waals surface area contributed by atoms with Crippen molar-refractivity contribution in [3.8, 4) is 0 Å². The molecule has 0 unspecified atom stereocenters. The number of nitrogens with one attached hydrogen (secondary N) is 1. The summed E-state index contributed by atoms with van der Waals surface area (Å²) < 4.78 is 0. The Morgan fingerprint density at radius 1 is 1.06 bits per heavy atom. The molecule has 1 aromatic carbocycles. The van der Waals surface area contributed by atoms with Crippen LogP contribution in [-0.2, 0) is 6.54 Å². The molecular formula is C17H27N. The molecular weight excluding hydrogens is 218 g/mol. The molecule has 1 nitrogen and oxygen atoms in total. The molecule has 0 aliphatic heterocycles. The van der Waals surface area contributed by atoms with Gasteiger partial charge in [-0.1, -0.05) is 45.0 Å². The van der Waals surface area contributed by atoms with E-state index in [2.05, 4.69) is 50.4 Å². The molecule has 100 valence electrons. The second-order valence-corrected chi connectivity index (χ2v) is 6.23. The number of hydrogen-bond donors (Lipinski definition) is 1. The topological polar surface area (TPSA) is 12.0 Å². The Balaban J connectivity index is 1.79. The first kappa shape index (κ1) is 13.6. The zero-order chi connectivity index (χ0) is 13.0. The van der Waals surface area contributed by atoms with E-state index in [1.165, 1.54) is 36.8 Å². The van der Waals surface area contributed by atoms with Gasteiger partial charge in [0.15, 0.2) is 0 Å². The Hall–Kier alpha value is -0.820. The molecule has 0 aromatic heterocycles. The van der Waals surface area contributed by atoms with Gasteiger partial charge in [-0.15, -0.1) is 0 Å². The average Bonchev–Trinajstić information content (AvgIpc) is 2.38. The third kappa shape index (κ3) is 3.84. The smallest absolute Gasteiger partial charge is 0.0208 e. The summed E-state index contributed by atoms with van der Waals surface area (Å²) in [5, 5.41) is 3.71. The Labute approximate surface area is 112 Å². The number of benzene rings is 1. The minimum absolute atomic E-state index is 0.631. The Kier molecular flexibility index (Phi) is 4.82. The van der Waals surface area contributed by atoms with Gasteiger partial charge in [-0.2, -0.15) is 0 Å². The molecule has 0 radical (unpaired) electrons. The number of hydrogen-bond acceptors (Lipinski definition) is 1. The van der Waals surface area contributed by atoms with Gasteiger partial charge in [0, 0.05) is 12.6 Å². The zero-order valence-corrected chi connectivity index (χ0v) is 12.1. The lowest BCUT2D eigenvalue weighted by Gasteiger charge is -2.27. The fourth-order valence-electron chi connectivity index (χ4n) is 2.75. The van der Waals surface area contributed by atoms with Crippen LogP contribution in [0.15, 0.2) is 24.3 Å². The lowest BCUT2D eigenvalue weighted by atomic mass is 9.87. The van der Waals surface area contributed by atoms with E-state index in [1.807, 2.05) is 0 Å². The third-order valence-electron chi connectivity index (χ3n) is 4.26. The Bertz CT molecular complexity index is 344. The van der Waals surface area contributed by atoms with Crippen LogP contribution in [0.4, 0.5) is 0 Å². The molecule has 1 N–H and O–H groups in total. The van der Waals surface area contributed by atoms with E-state index in [-0.39, 0.29) is 0 Å². The standard InChI is InChI=1S/C17H27N/c1-13(2)16-8-6-15(7-9-16)12-18-17-10-4-14(3)5-11-17/h6-9,13-14,17-18H,4-5,10-12H2,1-3H3. The molecule has 1 fully saturated rings. The van der Waals surface area contributed by atoms with Gasteiger partial charge in [0.2, 0.25) is 0 Å². The molecule has 1 aliphatic carbocycles. The van der Waals surface area contributed by atoms with Crippen LogP contribution in [0.2, 0.25) is 0 Å². The first-order chi connectivity index (χ1) is 8.65. The second kappa shape index (κ2) is 6.38. The van der Waals surface area contributed by atoms with Crippen molar-refractivity contribution >= 4 is 0 Å². The lowest BCUT2D eigenvalue weighted by molar-refractivity contribution is 0.306. The molecule has 1 heteroatoms. The van der Waals surface area contributed by atoms with Gasteiger partial charge in [0.25, 0.3) is 0 Å². The summed E-state index contributed by atoms with van der Waals surface area (Å²) in [5.74, 6) is 1.57. The maximum Gasteiger partial charge on any atom is 0.0208 e. The maximum absolute atomic E-state index is 3.71. The van der Waals surface area contributed by atoms with Crippen molar-refractivity contribution in [2.75, 3.05) is 0 Å². The fraction of sp³-hybridized carbons (Fsp3) is 0.647. The summed E-state index contributed by atoms with van der Waals surface area (Å²) in [5.41, 5.74) is 2.85. The van der Waals surface area contributed by atoms with Crippen molar-refractivity contribution < 1.29 is 0 Å². The molecule has 0 saturated heterocycles. The number of rotatable bonds is 4. The largest absolute Gasteiger partial charge is 0.310 e. The van der Waals surface area contributed by atoms with E-state index in [0.29, 0.717) is 5.92 Å². The van der Waals surface area contributed by atoms with Crippen molar-refractivity contribution in [1.82, 2.24) is 5.32 Å². The second-order valence-electron chi connectivity index (χ2n) is 6.23. The van der Waals surface area contributed by atoms with Crippen LogP contribution in [0.5, 0.6) is 0 Å². The predicted octanol–water partition coefficient (Wildman–Crippen LogP) is 4.48. The molecule has 18 heavy (non-hydrogen) atoms. The van der Waals surface area contributed by atoms with Crippen LogP contribution >= 0.6 is 0 Å². The van der Waals surface area contributed by atoms with Gasteiger partial charge in [-0.3, -0.25) is 0 Å². The molecule has 0 spiro atoms. The molecule has 0 bridgehead atoms. The summed E-state index contributed by atoms with van der Waals surface area (Å²) in [6.07, 6.45) is 5.49. The zero-order valence-electron chi connectivity index (χ0n) is 12.1. The third-order valence-corrected chi connectivity index (χ3v) is 4.26. The molecule has 1 saturated carbocycles. The summed E-state index contributed by atoms with van der Waals surface area (Å²) in [6, 6.07) is 9.82.